The van der Waals surface area contributed by atoms with Gasteiger partial charge in [-0.05, 0) is 18.2 Å². The first kappa shape index (κ1) is 18.6. The van der Waals surface area contributed by atoms with Gasteiger partial charge in [0.2, 0.25) is 0 Å². The number of anilines is 1. The van der Waals surface area contributed by atoms with Gasteiger partial charge in [-0.1, -0.05) is 36.4 Å². The summed E-state index contributed by atoms with van der Waals surface area (Å²) in [6, 6.07) is 15.3. The molecule has 0 aliphatic heterocycles. The van der Waals surface area contributed by atoms with Gasteiger partial charge in [0.05, 0.1) is 4.92 Å². The van der Waals surface area contributed by atoms with Crippen LogP contribution in [0.2, 0.25) is 0 Å². The molecule has 3 rings (SSSR count). The Morgan fingerprint density at radius 1 is 1.25 bits per heavy atom. The topological polar surface area (TPSA) is 101 Å². The lowest BCUT2D eigenvalue weighted by Gasteiger charge is -2.04. The molecule has 7 nitrogen and oxygen atoms in total. The summed E-state index contributed by atoms with van der Waals surface area (Å²) in [6.45, 7) is 4.32. The maximum atomic E-state index is 12.5. The minimum absolute atomic E-state index is 0.0349. The highest BCUT2D eigenvalue weighted by molar-refractivity contribution is 6.11. The molecule has 0 aliphatic rings. The Hall–Kier alpha value is -4.18. The van der Waals surface area contributed by atoms with E-state index in [9.17, 15) is 20.2 Å². The van der Waals surface area contributed by atoms with Crippen LogP contribution in [-0.4, -0.2) is 15.4 Å². The van der Waals surface area contributed by atoms with Crippen LogP contribution in [0.5, 0.6) is 0 Å². The number of para-hydroxylation sites is 3. The average molecular weight is 372 g/mol. The first-order chi connectivity index (χ1) is 13.5. The fourth-order valence-corrected chi connectivity index (χ4v) is 2.91. The Bertz CT molecular complexity index is 1150. The number of carbonyl (C=O) groups is 1. The largest absolute Gasteiger partial charge is 0.343 e. The third-order valence-corrected chi connectivity index (χ3v) is 4.16. The van der Waals surface area contributed by atoms with Crippen molar-refractivity contribution in [3.8, 4) is 6.07 Å². The molecule has 2 aromatic carbocycles. The molecule has 1 N–H and O–H groups in total. The Balaban J connectivity index is 1.98. The number of nitro benzene ring substituents is 1. The molecule has 3 aromatic rings. The van der Waals surface area contributed by atoms with E-state index in [0.717, 1.165) is 10.9 Å². The number of hydrogen-bond acceptors (Lipinski definition) is 4. The molecule has 0 saturated carbocycles. The maximum Gasteiger partial charge on any atom is 0.292 e. The van der Waals surface area contributed by atoms with Gasteiger partial charge in [-0.2, -0.15) is 5.26 Å². The van der Waals surface area contributed by atoms with E-state index in [0.29, 0.717) is 12.1 Å². The second kappa shape index (κ2) is 8.01. The van der Waals surface area contributed by atoms with Gasteiger partial charge in [0, 0.05) is 35.3 Å². The summed E-state index contributed by atoms with van der Waals surface area (Å²) < 4.78 is 1.96. The minimum atomic E-state index is -0.711. The number of nitro groups is 1. The van der Waals surface area contributed by atoms with Gasteiger partial charge in [-0.3, -0.25) is 14.9 Å². The first-order valence-corrected chi connectivity index (χ1v) is 8.40. The third-order valence-electron chi connectivity index (χ3n) is 4.16. The molecule has 0 spiro atoms. The fraction of sp³-hybridized carbons (Fsp3) is 0.0476. The Morgan fingerprint density at radius 3 is 2.68 bits per heavy atom. The number of nitrogens with one attached hydrogen (secondary N) is 1. The summed E-state index contributed by atoms with van der Waals surface area (Å²) in [6.07, 6.45) is 5.07. The van der Waals surface area contributed by atoms with Crippen LogP contribution in [0.3, 0.4) is 0 Å². The summed E-state index contributed by atoms with van der Waals surface area (Å²) in [5.41, 5.74) is 1.29. The second-order valence-corrected chi connectivity index (χ2v) is 5.94. The van der Waals surface area contributed by atoms with Crippen LogP contribution in [0.15, 0.2) is 73.0 Å². The van der Waals surface area contributed by atoms with E-state index in [4.69, 9.17) is 0 Å². The zero-order valence-electron chi connectivity index (χ0n) is 14.8. The van der Waals surface area contributed by atoms with Crippen LogP contribution >= 0.6 is 0 Å². The van der Waals surface area contributed by atoms with Crippen LogP contribution in [0.25, 0.3) is 17.0 Å². The van der Waals surface area contributed by atoms with Gasteiger partial charge < -0.3 is 9.88 Å². The number of carbonyl (C=O) groups excluding carboxylic acids is 1. The van der Waals surface area contributed by atoms with Crippen molar-refractivity contribution >= 4 is 34.3 Å². The number of nitriles is 1. The lowest BCUT2D eigenvalue weighted by molar-refractivity contribution is -0.383. The van der Waals surface area contributed by atoms with Crippen molar-refractivity contribution in [3.63, 3.8) is 0 Å². The number of rotatable bonds is 6. The summed E-state index contributed by atoms with van der Waals surface area (Å²) >= 11 is 0. The standard InChI is InChI=1S/C21H16N4O3/c1-2-11-24-14-16(17-7-3-5-9-19(17)24)12-15(13-22)21(26)23-18-8-4-6-10-20(18)25(27)28/h2-10,12,14H,1,11H2,(H,23,26). The van der Waals surface area contributed by atoms with Crippen LogP contribution in [-0.2, 0) is 11.3 Å². The van der Waals surface area contributed by atoms with E-state index in [-0.39, 0.29) is 16.9 Å². The number of aromatic nitrogens is 1. The highest BCUT2D eigenvalue weighted by Crippen LogP contribution is 2.26. The molecule has 0 radical (unpaired) electrons. The zero-order valence-corrected chi connectivity index (χ0v) is 14.8. The number of nitrogens with zero attached hydrogens (tertiary/aromatic N) is 3. The zero-order chi connectivity index (χ0) is 20.1. The van der Waals surface area contributed by atoms with E-state index >= 15 is 0 Å². The predicted molar refractivity (Wildman–Crippen MR) is 107 cm³/mol. The molecule has 0 fully saturated rings. The van der Waals surface area contributed by atoms with E-state index in [1.54, 1.807) is 12.1 Å². The van der Waals surface area contributed by atoms with Crippen molar-refractivity contribution in [2.24, 2.45) is 0 Å². The van der Waals surface area contributed by atoms with Gasteiger partial charge >= 0.3 is 0 Å². The van der Waals surface area contributed by atoms with Crippen molar-refractivity contribution in [2.45, 2.75) is 6.54 Å². The molecule has 28 heavy (non-hydrogen) atoms. The van der Waals surface area contributed by atoms with E-state index in [1.807, 2.05) is 41.1 Å². The normalized spacial score (nSPS) is 11.0. The smallest absolute Gasteiger partial charge is 0.292 e. The van der Waals surface area contributed by atoms with Crippen LogP contribution in [0.4, 0.5) is 11.4 Å². The van der Waals surface area contributed by atoms with E-state index < -0.39 is 10.8 Å². The summed E-state index contributed by atoms with van der Waals surface area (Å²) in [7, 11) is 0. The Morgan fingerprint density at radius 2 is 1.96 bits per heavy atom. The number of fused-ring (bicyclic) bond motifs is 1. The molecule has 0 unspecified atom stereocenters. The van der Waals surface area contributed by atoms with Gasteiger partial charge in [0.1, 0.15) is 17.3 Å². The minimum Gasteiger partial charge on any atom is -0.343 e. The second-order valence-electron chi connectivity index (χ2n) is 5.94. The Kier molecular flexibility index (Phi) is 5.33. The van der Waals surface area contributed by atoms with Crippen molar-refractivity contribution in [3.05, 3.63) is 88.6 Å². The van der Waals surface area contributed by atoms with Crippen molar-refractivity contribution in [2.75, 3.05) is 5.32 Å². The molecule has 1 heterocycles. The van der Waals surface area contributed by atoms with Gasteiger partial charge in [-0.25, -0.2) is 0 Å². The molecular weight excluding hydrogens is 356 g/mol. The quantitative estimate of drug-likeness (QED) is 0.229. The molecule has 1 aromatic heterocycles. The molecule has 1 amide bonds. The number of hydrogen-bond donors (Lipinski definition) is 1. The molecule has 0 saturated heterocycles. The first-order valence-electron chi connectivity index (χ1n) is 8.40. The molecule has 138 valence electrons. The van der Waals surface area contributed by atoms with Crippen LogP contribution < -0.4 is 5.32 Å². The van der Waals surface area contributed by atoms with E-state index in [1.165, 1.54) is 24.3 Å². The monoisotopic (exact) mass is 372 g/mol. The molecule has 7 heteroatoms. The maximum absolute atomic E-state index is 12.5. The highest BCUT2D eigenvalue weighted by Gasteiger charge is 2.18. The van der Waals surface area contributed by atoms with Crippen LogP contribution in [0.1, 0.15) is 5.56 Å². The fourth-order valence-electron chi connectivity index (χ4n) is 2.91. The van der Waals surface area contributed by atoms with Crippen molar-refractivity contribution in [1.29, 1.82) is 5.26 Å². The summed E-state index contributed by atoms with van der Waals surface area (Å²) in [5, 5.41) is 23.9. The third kappa shape index (κ3) is 3.66. The molecular formula is C21H16N4O3. The number of amides is 1. The SMILES string of the molecule is C=CCn1cc(C=C(C#N)C(=O)Nc2ccccc2[N+](=O)[O-])c2ccccc21. The molecule has 0 bridgehead atoms. The van der Waals surface area contributed by atoms with Gasteiger partial charge in [-0.15, -0.1) is 6.58 Å². The lowest BCUT2D eigenvalue weighted by Crippen LogP contribution is -2.14. The average Bonchev–Trinajstić information content (AvgIpc) is 3.04. The Labute approximate surface area is 161 Å². The van der Waals surface area contributed by atoms with Crippen molar-refractivity contribution in [1.82, 2.24) is 4.57 Å². The molecule has 0 atom stereocenters. The summed E-state index contributed by atoms with van der Waals surface area (Å²) in [5.74, 6) is -0.711. The number of allylic oxidation sites excluding steroid dienone is 1. The molecule has 0 aliphatic carbocycles. The van der Waals surface area contributed by atoms with Crippen LogP contribution in [0, 0.1) is 21.4 Å². The highest BCUT2D eigenvalue weighted by atomic mass is 16.6. The summed E-state index contributed by atoms with van der Waals surface area (Å²) in [4.78, 5) is 23.1. The van der Waals surface area contributed by atoms with Gasteiger partial charge in [0.15, 0.2) is 0 Å². The van der Waals surface area contributed by atoms with Crippen molar-refractivity contribution < 1.29 is 9.72 Å². The lowest BCUT2D eigenvalue weighted by atomic mass is 10.1. The number of benzene rings is 2. The van der Waals surface area contributed by atoms with E-state index in [2.05, 4.69) is 11.9 Å². The van der Waals surface area contributed by atoms with Gasteiger partial charge in [0.25, 0.3) is 11.6 Å². The predicted octanol–water partition coefficient (Wildman–Crippen LogP) is 4.28.